The van der Waals surface area contributed by atoms with E-state index < -0.39 is 27.8 Å². The van der Waals surface area contributed by atoms with Crippen LogP contribution in [-0.4, -0.2) is 45.7 Å². The number of ether oxygens (including phenoxy) is 1. The molecule has 0 amide bonds. The van der Waals surface area contributed by atoms with Crippen molar-refractivity contribution in [2.24, 2.45) is 23.2 Å². The van der Waals surface area contributed by atoms with Crippen LogP contribution < -0.4 is 0 Å². The van der Waals surface area contributed by atoms with E-state index in [2.05, 4.69) is 99.8 Å². The molecule has 0 heterocycles. The Balaban J connectivity index is 1.86. The summed E-state index contributed by atoms with van der Waals surface area (Å²) in [6.45, 7) is 34.1. The number of aliphatic hydroxyl groups is 2. The van der Waals surface area contributed by atoms with Crippen LogP contribution in [0.4, 0.5) is 0 Å². The van der Waals surface area contributed by atoms with Gasteiger partial charge in [-0.3, -0.25) is 0 Å². The molecule has 2 aliphatic rings. The molecule has 1 aromatic carbocycles. The van der Waals surface area contributed by atoms with Gasteiger partial charge in [-0.2, -0.15) is 0 Å². The highest BCUT2D eigenvalue weighted by molar-refractivity contribution is 6.74. The highest BCUT2D eigenvalue weighted by atomic mass is 28.4. The SMILES string of the molecule is C[C@@H](COCCCC(C)(C)O)[C@H]1CC[C@H]2C(O)(c3ccc(CO[Si](C)(C)C(C)(C)C)c(CO[Si](C)(C)C(C)(C)C)c3)CCC[C@]12C. The van der Waals surface area contributed by atoms with Crippen LogP contribution in [0, 0.1) is 23.2 Å². The first kappa shape index (κ1) is 39.9. The van der Waals surface area contributed by atoms with E-state index in [0.717, 1.165) is 57.1 Å². The molecule has 0 bridgehead atoms. The van der Waals surface area contributed by atoms with Gasteiger partial charge in [0, 0.05) is 13.2 Å². The van der Waals surface area contributed by atoms with Crippen LogP contribution in [0.25, 0.3) is 0 Å². The maximum absolute atomic E-state index is 12.7. The number of hydrogen-bond donors (Lipinski definition) is 2. The van der Waals surface area contributed by atoms with Gasteiger partial charge in [0.25, 0.3) is 0 Å². The second kappa shape index (κ2) is 14.4. The summed E-state index contributed by atoms with van der Waals surface area (Å²) < 4.78 is 19.7. The second-order valence-corrected chi connectivity index (χ2v) is 28.7. The number of benzene rings is 1. The molecule has 5 nitrogen and oxygen atoms in total. The van der Waals surface area contributed by atoms with Gasteiger partial charge in [-0.05, 0) is 135 Å². The Labute approximate surface area is 285 Å². The van der Waals surface area contributed by atoms with Gasteiger partial charge in [0.15, 0.2) is 16.6 Å². The highest BCUT2D eigenvalue weighted by Gasteiger charge is 2.58. The van der Waals surface area contributed by atoms with Gasteiger partial charge in [-0.25, -0.2) is 0 Å². The lowest BCUT2D eigenvalue weighted by molar-refractivity contribution is -0.118. The minimum absolute atomic E-state index is 0.0742. The van der Waals surface area contributed by atoms with Crippen LogP contribution in [0.1, 0.15) is 131 Å². The first-order valence-corrected chi connectivity index (χ1v) is 24.1. The standard InChI is InChI=1S/C39H72O5Si2/c1-29(26-42-24-16-21-37(8,9)40)33-19-20-34-38(33,10)22-15-23-39(34,41)32-18-17-30(27-43-45(11,12)35(2,3)4)31(25-32)28-44-46(13,14)36(5,6)7/h17-18,25,29,33-34,40-41H,15-16,19-24,26-28H2,1-14H3/t29-,33+,34+,38+,39?/m0/s1. The third-order valence-electron chi connectivity index (χ3n) is 12.9. The average Bonchev–Trinajstić information content (AvgIpc) is 3.27. The Hall–Kier alpha value is -0.546. The largest absolute Gasteiger partial charge is 0.413 e. The minimum atomic E-state index is -1.98. The maximum atomic E-state index is 12.7. The average molecular weight is 677 g/mol. The molecule has 7 heteroatoms. The zero-order valence-corrected chi connectivity index (χ0v) is 34.4. The summed E-state index contributed by atoms with van der Waals surface area (Å²) in [5.41, 5.74) is 2.01. The summed E-state index contributed by atoms with van der Waals surface area (Å²) in [7, 11) is -3.91. The maximum Gasteiger partial charge on any atom is 0.192 e. The third kappa shape index (κ3) is 9.16. The molecular formula is C39H72O5Si2. The highest BCUT2D eigenvalue weighted by Crippen LogP contribution is 2.63. The molecule has 5 atom stereocenters. The first-order chi connectivity index (χ1) is 20.8. The fourth-order valence-corrected chi connectivity index (χ4v) is 9.61. The Morgan fingerprint density at radius 1 is 0.870 bits per heavy atom. The van der Waals surface area contributed by atoms with Gasteiger partial charge in [-0.15, -0.1) is 0 Å². The van der Waals surface area contributed by atoms with Crippen molar-refractivity contribution >= 4 is 16.6 Å². The normalized spacial score (nSPS) is 27.1. The van der Waals surface area contributed by atoms with Crippen LogP contribution in [0.15, 0.2) is 18.2 Å². The number of rotatable bonds is 14. The minimum Gasteiger partial charge on any atom is -0.413 e. The van der Waals surface area contributed by atoms with Gasteiger partial charge in [0.1, 0.15) is 0 Å². The van der Waals surface area contributed by atoms with Crippen molar-refractivity contribution in [1.29, 1.82) is 0 Å². The molecule has 2 N–H and O–H groups in total. The molecule has 2 saturated carbocycles. The fraction of sp³-hybridized carbons (Fsp3) is 0.846. The lowest BCUT2D eigenvalue weighted by Crippen LogP contribution is -2.48. The van der Waals surface area contributed by atoms with Crippen LogP contribution in [0.5, 0.6) is 0 Å². The Kier molecular flexibility index (Phi) is 12.5. The van der Waals surface area contributed by atoms with Crippen LogP contribution >= 0.6 is 0 Å². The Morgan fingerprint density at radius 3 is 1.98 bits per heavy atom. The van der Waals surface area contributed by atoms with Crippen LogP contribution in [0.2, 0.25) is 36.3 Å². The van der Waals surface area contributed by atoms with Crippen molar-refractivity contribution < 1.29 is 23.8 Å². The summed E-state index contributed by atoms with van der Waals surface area (Å²) in [6, 6.07) is 6.72. The molecule has 0 spiro atoms. The van der Waals surface area contributed by atoms with E-state index in [4.69, 9.17) is 13.6 Å². The predicted molar refractivity (Wildman–Crippen MR) is 198 cm³/mol. The summed E-state index contributed by atoms with van der Waals surface area (Å²) in [5.74, 6) is 1.18. The fourth-order valence-electron chi connectivity index (χ4n) is 7.71. The van der Waals surface area contributed by atoms with Crippen LogP contribution in [0.3, 0.4) is 0 Å². The molecule has 46 heavy (non-hydrogen) atoms. The Bertz CT molecular complexity index is 1140. The molecule has 1 unspecified atom stereocenters. The lowest BCUT2D eigenvalue weighted by Gasteiger charge is -2.51. The molecule has 0 radical (unpaired) electrons. The molecule has 266 valence electrons. The van der Waals surface area contributed by atoms with E-state index >= 15 is 0 Å². The summed E-state index contributed by atoms with van der Waals surface area (Å²) in [6.07, 6.45) is 6.81. The first-order valence-electron chi connectivity index (χ1n) is 18.3. The van der Waals surface area contributed by atoms with E-state index in [1.165, 1.54) is 11.1 Å². The predicted octanol–water partition coefficient (Wildman–Crippen LogP) is 10.3. The van der Waals surface area contributed by atoms with Crippen molar-refractivity contribution in [3.63, 3.8) is 0 Å². The summed E-state index contributed by atoms with van der Waals surface area (Å²) >= 11 is 0. The van der Waals surface area contributed by atoms with Crippen molar-refractivity contribution in [3.8, 4) is 0 Å². The molecule has 2 fully saturated rings. The van der Waals surface area contributed by atoms with Gasteiger partial charge in [0.05, 0.1) is 24.4 Å². The number of hydrogen-bond acceptors (Lipinski definition) is 5. The summed E-state index contributed by atoms with van der Waals surface area (Å²) in [4.78, 5) is 0. The van der Waals surface area contributed by atoms with Crippen molar-refractivity contribution in [2.75, 3.05) is 13.2 Å². The summed E-state index contributed by atoms with van der Waals surface area (Å²) in [5, 5.41) is 23.0. The van der Waals surface area contributed by atoms with E-state index in [1.54, 1.807) is 0 Å². The van der Waals surface area contributed by atoms with Gasteiger partial charge < -0.3 is 23.8 Å². The van der Waals surface area contributed by atoms with Gasteiger partial charge in [-0.1, -0.05) is 73.6 Å². The molecule has 3 rings (SSSR count). The number of fused-ring (bicyclic) bond motifs is 1. The van der Waals surface area contributed by atoms with Crippen molar-refractivity contribution in [3.05, 3.63) is 34.9 Å². The second-order valence-electron chi connectivity index (χ2n) is 19.1. The molecular weight excluding hydrogens is 605 g/mol. The molecule has 0 aromatic heterocycles. The van der Waals surface area contributed by atoms with E-state index in [1.807, 2.05) is 13.8 Å². The van der Waals surface area contributed by atoms with E-state index in [-0.39, 0.29) is 21.4 Å². The van der Waals surface area contributed by atoms with Crippen molar-refractivity contribution in [1.82, 2.24) is 0 Å². The molecule has 0 aliphatic heterocycles. The Morgan fingerprint density at radius 2 is 1.43 bits per heavy atom. The zero-order chi connectivity index (χ0) is 35.0. The topological polar surface area (TPSA) is 68.2 Å². The van der Waals surface area contributed by atoms with Crippen molar-refractivity contribution in [2.45, 2.75) is 175 Å². The molecule has 2 aliphatic carbocycles. The molecule has 0 saturated heterocycles. The van der Waals surface area contributed by atoms with Crippen LogP contribution in [-0.2, 0) is 32.4 Å². The third-order valence-corrected chi connectivity index (χ3v) is 21.9. The zero-order valence-electron chi connectivity index (χ0n) is 32.4. The quantitative estimate of drug-likeness (QED) is 0.152. The molecule has 1 aromatic rings. The lowest BCUT2D eigenvalue weighted by atomic mass is 9.56. The van der Waals surface area contributed by atoms with Gasteiger partial charge in [0.2, 0.25) is 0 Å². The smallest absolute Gasteiger partial charge is 0.192 e. The van der Waals surface area contributed by atoms with Gasteiger partial charge >= 0.3 is 0 Å². The monoisotopic (exact) mass is 676 g/mol. The van der Waals surface area contributed by atoms with E-state index in [0.29, 0.717) is 31.7 Å². The van der Waals surface area contributed by atoms with E-state index in [9.17, 15) is 10.2 Å².